The summed E-state index contributed by atoms with van der Waals surface area (Å²) < 4.78 is 66.5. The van der Waals surface area contributed by atoms with Crippen molar-refractivity contribution in [2.45, 2.75) is 18.0 Å². The van der Waals surface area contributed by atoms with Crippen molar-refractivity contribution in [3.05, 3.63) is 58.6 Å². The number of benzene rings is 2. The van der Waals surface area contributed by atoms with Gasteiger partial charge in [0.2, 0.25) is 10.0 Å². The van der Waals surface area contributed by atoms with E-state index in [1.54, 1.807) is 6.92 Å². The van der Waals surface area contributed by atoms with Crippen LogP contribution in [0, 0.1) is 6.92 Å². The smallest absolute Gasteiger partial charge is 0.416 e. The van der Waals surface area contributed by atoms with Gasteiger partial charge in [0.1, 0.15) is 15.6 Å². The largest absolute Gasteiger partial charge is 0.495 e. The molecule has 0 aliphatic rings. The molecule has 1 amide bonds. The van der Waals surface area contributed by atoms with Gasteiger partial charge >= 0.3 is 6.18 Å². The highest BCUT2D eigenvalue weighted by atomic mass is 32.2. The minimum Gasteiger partial charge on any atom is -0.495 e. The average molecular weight is 471 g/mol. The Balaban J connectivity index is 1.90. The molecule has 3 N–H and O–H groups in total. The number of amides is 1. The maximum atomic E-state index is 12.8. The van der Waals surface area contributed by atoms with Gasteiger partial charge < -0.3 is 10.1 Å². The van der Waals surface area contributed by atoms with E-state index in [9.17, 15) is 26.4 Å². The SMILES string of the molecule is COc1ccc(S(N)(=O)=O)cc1NC(=O)c1sc(-c2ccc(C(F)(F)F)cc2)nc1C. The third kappa shape index (κ3) is 5.03. The molecule has 2 aromatic carbocycles. The van der Waals surface area contributed by atoms with Gasteiger partial charge in [-0.3, -0.25) is 4.79 Å². The Morgan fingerprint density at radius 1 is 1.16 bits per heavy atom. The molecule has 0 bridgehead atoms. The minimum atomic E-state index is -4.45. The van der Waals surface area contributed by atoms with Crippen molar-refractivity contribution < 1.29 is 31.1 Å². The molecule has 3 aromatic rings. The molecule has 1 aromatic heterocycles. The molecule has 3 rings (SSSR count). The summed E-state index contributed by atoms with van der Waals surface area (Å²) in [4.78, 5) is 17.0. The number of nitrogens with two attached hydrogens (primary N) is 1. The summed E-state index contributed by atoms with van der Waals surface area (Å²) in [5, 5.41) is 8.05. The normalized spacial score (nSPS) is 11.9. The molecule has 0 saturated carbocycles. The summed E-state index contributed by atoms with van der Waals surface area (Å²) in [6.07, 6.45) is -4.45. The van der Waals surface area contributed by atoms with Crippen LogP contribution in [-0.2, 0) is 16.2 Å². The lowest BCUT2D eigenvalue weighted by molar-refractivity contribution is -0.137. The number of ether oxygens (including phenoxy) is 1. The van der Waals surface area contributed by atoms with Crippen molar-refractivity contribution in [1.29, 1.82) is 0 Å². The molecule has 164 valence electrons. The molecule has 0 spiro atoms. The van der Waals surface area contributed by atoms with Gasteiger partial charge in [0.15, 0.2) is 0 Å². The number of methoxy groups -OCH3 is 1. The van der Waals surface area contributed by atoms with Crippen molar-refractivity contribution in [2.24, 2.45) is 5.14 Å². The van der Waals surface area contributed by atoms with Crippen molar-refractivity contribution in [1.82, 2.24) is 4.98 Å². The Hall–Kier alpha value is -2.96. The summed E-state index contributed by atoms with van der Waals surface area (Å²) in [5.74, 6) is -0.371. The third-order valence-corrected chi connectivity index (χ3v) is 6.33. The van der Waals surface area contributed by atoms with E-state index in [1.165, 1.54) is 37.4 Å². The lowest BCUT2D eigenvalue weighted by Crippen LogP contribution is -2.15. The highest BCUT2D eigenvalue weighted by Gasteiger charge is 2.30. The van der Waals surface area contributed by atoms with Crippen LogP contribution in [-0.4, -0.2) is 26.4 Å². The number of carbonyl (C=O) groups is 1. The number of nitrogens with zero attached hydrogens (tertiary/aromatic N) is 1. The van der Waals surface area contributed by atoms with Crippen LogP contribution in [0.25, 0.3) is 10.6 Å². The lowest BCUT2D eigenvalue weighted by Gasteiger charge is -2.11. The number of anilines is 1. The van der Waals surface area contributed by atoms with Gasteiger partial charge in [-0.05, 0) is 37.3 Å². The molecule has 12 heteroatoms. The van der Waals surface area contributed by atoms with Gasteiger partial charge in [0.05, 0.1) is 29.0 Å². The number of sulfonamides is 1. The maximum absolute atomic E-state index is 12.8. The van der Waals surface area contributed by atoms with Crippen LogP contribution in [0.3, 0.4) is 0 Å². The number of halogens is 3. The van der Waals surface area contributed by atoms with Crippen LogP contribution in [0.1, 0.15) is 20.9 Å². The molecule has 0 aliphatic carbocycles. The Labute approximate surface area is 179 Å². The Morgan fingerprint density at radius 3 is 2.35 bits per heavy atom. The molecule has 0 atom stereocenters. The first-order chi connectivity index (χ1) is 14.4. The number of hydrogen-bond donors (Lipinski definition) is 2. The van der Waals surface area contributed by atoms with E-state index in [-0.39, 0.29) is 21.2 Å². The van der Waals surface area contributed by atoms with Crippen LogP contribution in [0.5, 0.6) is 5.75 Å². The average Bonchev–Trinajstić information content (AvgIpc) is 3.08. The molecule has 31 heavy (non-hydrogen) atoms. The number of aromatic nitrogens is 1. The number of aryl methyl sites for hydroxylation is 1. The van der Waals surface area contributed by atoms with Crippen molar-refractivity contribution in [2.75, 3.05) is 12.4 Å². The van der Waals surface area contributed by atoms with E-state index in [0.29, 0.717) is 16.3 Å². The van der Waals surface area contributed by atoms with Crippen molar-refractivity contribution >= 4 is 33.0 Å². The predicted molar refractivity (Wildman–Crippen MR) is 110 cm³/mol. The highest BCUT2D eigenvalue weighted by molar-refractivity contribution is 7.89. The van der Waals surface area contributed by atoms with Gasteiger partial charge in [0, 0.05) is 5.56 Å². The second-order valence-corrected chi connectivity index (χ2v) is 8.93. The topological polar surface area (TPSA) is 111 Å². The minimum absolute atomic E-state index is 0.0860. The number of nitrogens with one attached hydrogen (secondary N) is 1. The van der Waals surface area contributed by atoms with Gasteiger partial charge in [0.25, 0.3) is 5.91 Å². The summed E-state index contributed by atoms with van der Waals surface area (Å²) >= 11 is 0.988. The summed E-state index contributed by atoms with van der Waals surface area (Å²) in [6, 6.07) is 8.19. The fourth-order valence-corrected chi connectivity index (χ4v) is 4.18. The number of rotatable bonds is 5. The fourth-order valence-electron chi connectivity index (χ4n) is 2.67. The van der Waals surface area contributed by atoms with Crippen LogP contribution < -0.4 is 15.2 Å². The zero-order valence-corrected chi connectivity index (χ0v) is 17.8. The molecule has 0 saturated heterocycles. The van der Waals surface area contributed by atoms with Crippen molar-refractivity contribution in [3.8, 4) is 16.3 Å². The van der Waals surface area contributed by atoms with E-state index in [2.05, 4.69) is 10.3 Å². The van der Waals surface area contributed by atoms with E-state index >= 15 is 0 Å². The van der Waals surface area contributed by atoms with Crippen LogP contribution in [0.4, 0.5) is 18.9 Å². The van der Waals surface area contributed by atoms with Gasteiger partial charge in [-0.15, -0.1) is 11.3 Å². The third-order valence-electron chi connectivity index (χ3n) is 4.21. The first-order valence-electron chi connectivity index (χ1n) is 8.57. The summed E-state index contributed by atoms with van der Waals surface area (Å²) in [7, 11) is -2.65. The number of carbonyl (C=O) groups excluding carboxylic acids is 1. The van der Waals surface area contributed by atoms with E-state index in [0.717, 1.165) is 23.5 Å². The number of thiazole rings is 1. The Morgan fingerprint density at radius 2 is 1.81 bits per heavy atom. The van der Waals surface area contributed by atoms with Crippen LogP contribution >= 0.6 is 11.3 Å². The number of hydrogen-bond acceptors (Lipinski definition) is 6. The standard InChI is InChI=1S/C19H16F3N3O4S2/c1-10-16(30-18(24-10)11-3-5-12(6-4-11)19(20,21)22)17(26)25-14-9-13(31(23,27)28)7-8-15(14)29-2/h3-9H,1-2H3,(H,25,26)(H2,23,27,28). The Kier molecular flexibility index (Phi) is 6.07. The second-order valence-electron chi connectivity index (χ2n) is 6.37. The van der Waals surface area contributed by atoms with Crippen LogP contribution in [0.15, 0.2) is 47.4 Å². The second kappa shape index (κ2) is 8.29. The lowest BCUT2D eigenvalue weighted by atomic mass is 10.1. The summed E-state index contributed by atoms with van der Waals surface area (Å²) in [6.45, 7) is 1.58. The molecular weight excluding hydrogens is 455 g/mol. The molecule has 0 unspecified atom stereocenters. The molecule has 0 aliphatic heterocycles. The quantitative estimate of drug-likeness (QED) is 0.583. The van der Waals surface area contributed by atoms with E-state index in [4.69, 9.17) is 9.88 Å². The first kappa shape index (κ1) is 22.7. The van der Waals surface area contributed by atoms with Gasteiger partial charge in [-0.25, -0.2) is 18.5 Å². The Bertz CT molecular complexity index is 1240. The number of alkyl halides is 3. The highest BCUT2D eigenvalue weighted by Crippen LogP contribution is 2.34. The molecular formula is C19H16F3N3O4S2. The number of primary sulfonamides is 1. The fraction of sp³-hybridized carbons (Fsp3) is 0.158. The molecule has 0 fully saturated rings. The molecule has 7 nitrogen and oxygen atoms in total. The zero-order valence-electron chi connectivity index (χ0n) is 16.1. The van der Waals surface area contributed by atoms with Crippen molar-refractivity contribution in [3.63, 3.8) is 0 Å². The maximum Gasteiger partial charge on any atom is 0.416 e. The monoisotopic (exact) mass is 471 g/mol. The molecule has 0 radical (unpaired) electrons. The van der Waals surface area contributed by atoms with Gasteiger partial charge in [-0.1, -0.05) is 12.1 Å². The van der Waals surface area contributed by atoms with E-state index in [1.807, 2.05) is 0 Å². The van der Waals surface area contributed by atoms with E-state index < -0.39 is 27.7 Å². The molecule has 1 heterocycles. The first-order valence-corrected chi connectivity index (χ1v) is 10.9. The predicted octanol–water partition coefficient (Wildman–Crippen LogP) is 4.05. The van der Waals surface area contributed by atoms with Crippen LogP contribution in [0.2, 0.25) is 0 Å². The summed E-state index contributed by atoms with van der Waals surface area (Å²) in [5.41, 5.74) is 0.0835. The van der Waals surface area contributed by atoms with Gasteiger partial charge in [-0.2, -0.15) is 13.2 Å². The zero-order chi connectivity index (χ0) is 23.0.